The molecule has 0 aliphatic carbocycles. The van der Waals surface area contributed by atoms with E-state index in [1.807, 2.05) is 29.8 Å². The van der Waals surface area contributed by atoms with Crippen LogP contribution in [0.1, 0.15) is 17.0 Å². The van der Waals surface area contributed by atoms with Crippen molar-refractivity contribution in [1.82, 2.24) is 24.4 Å². The molecule has 13 heteroatoms. The second-order valence-electron chi connectivity index (χ2n) is 8.01. The summed E-state index contributed by atoms with van der Waals surface area (Å²) in [5.74, 6) is 1.77. The zero-order valence-electron chi connectivity index (χ0n) is 18.3. The van der Waals surface area contributed by atoms with Gasteiger partial charge in [-0.1, -0.05) is 0 Å². The van der Waals surface area contributed by atoms with E-state index in [-0.39, 0.29) is 11.7 Å². The number of aromatic nitrogens is 5. The number of benzene rings is 1. The Balaban J connectivity index is 0.000000439. The molecule has 2 aliphatic heterocycles. The van der Waals surface area contributed by atoms with Gasteiger partial charge in [0.05, 0.1) is 36.6 Å². The number of nitrogens with one attached hydrogen (secondary N) is 1. The number of anilines is 1. The minimum absolute atomic E-state index is 0.0293. The standard InChI is InChI=1S/C20H17FN6O2.CH4O3S/c1-26-5-4-15(25-26)12-6-17-20(27-10-23-24-19(12)27)22-7-13-14(21)2-3-16-18(13)11(8-28-16)9-29-17;1-5(2,3)4/h2-6,10-11,22H,7-9H2,1H3;1H3,(H,2,3,4)/t11-;/m0./s1. The van der Waals surface area contributed by atoms with Crippen LogP contribution in [0.5, 0.6) is 11.5 Å². The second-order valence-corrected chi connectivity index (χ2v) is 9.48. The number of halogens is 1. The topological polar surface area (TPSA) is 133 Å². The Bertz CT molecular complexity index is 1490. The Morgan fingerprint density at radius 2 is 1.94 bits per heavy atom. The molecule has 2 N–H and O–H groups in total. The van der Waals surface area contributed by atoms with Gasteiger partial charge >= 0.3 is 0 Å². The third kappa shape index (κ3) is 4.15. The molecule has 3 aromatic heterocycles. The highest BCUT2D eigenvalue weighted by Crippen LogP contribution is 2.41. The van der Waals surface area contributed by atoms with Crippen molar-refractivity contribution in [2.45, 2.75) is 12.5 Å². The highest BCUT2D eigenvalue weighted by Gasteiger charge is 2.31. The molecule has 0 spiro atoms. The first-order valence-electron chi connectivity index (χ1n) is 10.3. The number of hydrogen-bond donors (Lipinski definition) is 2. The Hall–Kier alpha value is -3.71. The molecular weight excluding hydrogens is 467 g/mol. The second kappa shape index (κ2) is 8.25. The Morgan fingerprint density at radius 1 is 1.21 bits per heavy atom. The summed E-state index contributed by atoms with van der Waals surface area (Å²) in [5, 5.41) is 16.2. The van der Waals surface area contributed by atoms with Crippen LogP contribution in [0.2, 0.25) is 0 Å². The van der Waals surface area contributed by atoms with Crippen molar-refractivity contribution in [3.05, 3.63) is 53.7 Å². The number of ether oxygens (including phenoxy) is 2. The number of aryl methyl sites for hydroxylation is 1. The molecule has 0 amide bonds. The number of pyridine rings is 1. The average molecular weight is 489 g/mol. The first-order chi connectivity index (χ1) is 16.2. The fourth-order valence-corrected chi connectivity index (χ4v) is 4.13. The average Bonchev–Trinajstić information content (AvgIpc) is 3.50. The molecule has 0 saturated heterocycles. The van der Waals surface area contributed by atoms with Crippen LogP contribution in [0.25, 0.3) is 16.9 Å². The van der Waals surface area contributed by atoms with Crippen LogP contribution in [0, 0.1) is 5.82 Å². The molecule has 2 aliphatic rings. The Morgan fingerprint density at radius 3 is 2.65 bits per heavy atom. The van der Waals surface area contributed by atoms with E-state index in [2.05, 4.69) is 20.6 Å². The first kappa shape index (κ1) is 22.1. The summed E-state index contributed by atoms with van der Waals surface area (Å²) in [6, 6.07) is 6.98. The maximum Gasteiger partial charge on any atom is 0.261 e. The SMILES string of the molecule is CS(=O)(=O)O.Cn1ccc(-c2cc3c(n4cnnc24)NCc2c(F)ccc4c2[C@@H](CO4)CO3)n1. The molecule has 0 unspecified atom stereocenters. The van der Waals surface area contributed by atoms with Crippen LogP contribution in [0.3, 0.4) is 0 Å². The predicted octanol–water partition coefficient (Wildman–Crippen LogP) is 2.25. The van der Waals surface area contributed by atoms with E-state index >= 15 is 0 Å². The van der Waals surface area contributed by atoms with Gasteiger partial charge in [-0.2, -0.15) is 13.5 Å². The van der Waals surface area contributed by atoms with E-state index in [4.69, 9.17) is 14.0 Å². The van der Waals surface area contributed by atoms with Crippen LogP contribution in [0.15, 0.2) is 36.8 Å². The van der Waals surface area contributed by atoms with E-state index in [0.717, 1.165) is 22.6 Å². The minimum atomic E-state index is -3.67. The van der Waals surface area contributed by atoms with E-state index in [9.17, 15) is 12.8 Å². The monoisotopic (exact) mass is 488 g/mol. The smallest absolute Gasteiger partial charge is 0.261 e. The molecule has 0 fully saturated rings. The Labute approximate surface area is 193 Å². The lowest BCUT2D eigenvalue weighted by atomic mass is 9.96. The molecule has 4 aromatic rings. The molecular formula is C21H21FN6O5S. The van der Waals surface area contributed by atoms with Gasteiger partial charge in [-0.15, -0.1) is 10.2 Å². The van der Waals surface area contributed by atoms with Gasteiger partial charge in [0.25, 0.3) is 10.1 Å². The lowest BCUT2D eigenvalue weighted by Gasteiger charge is -2.16. The maximum absolute atomic E-state index is 14.6. The van der Waals surface area contributed by atoms with Gasteiger partial charge in [0.1, 0.15) is 17.9 Å². The van der Waals surface area contributed by atoms with E-state index in [1.165, 1.54) is 6.07 Å². The van der Waals surface area contributed by atoms with Crippen molar-refractivity contribution in [1.29, 1.82) is 0 Å². The zero-order valence-corrected chi connectivity index (χ0v) is 19.1. The van der Waals surface area contributed by atoms with Gasteiger partial charge in [0, 0.05) is 30.9 Å². The van der Waals surface area contributed by atoms with E-state index in [0.29, 0.717) is 48.8 Å². The van der Waals surface area contributed by atoms with Crippen molar-refractivity contribution in [3.63, 3.8) is 0 Å². The van der Waals surface area contributed by atoms with Crippen molar-refractivity contribution < 1.29 is 26.8 Å². The number of nitrogens with zero attached hydrogens (tertiary/aromatic N) is 5. The molecule has 1 aromatic carbocycles. The van der Waals surface area contributed by atoms with Crippen molar-refractivity contribution in [2.75, 3.05) is 24.8 Å². The maximum atomic E-state index is 14.6. The quantitative estimate of drug-likeness (QED) is 0.387. The highest BCUT2D eigenvalue weighted by atomic mass is 32.2. The molecule has 11 nitrogen and oxygen atoms in total. The fourth-order valence-electron chi connectivity index (χ4n) is 4.13. The van der Waals surface area contributed by atoms with Crippen molar-refractivity contribution in [2.24, 2.45) is 7.05 Å². The molecule has 5 heterocycles. The molecule has 0 saturated carbocycles. The summed E-state index contributed by atoms with van der Waals surface area (Å²) in [6.07, 6.45) is 4.21. The van der Waals surface area contributed by atoms with Gasteiger partial charge in [0.2, 0.25) is 0 Å². The lowest BCUT2D eigenvalue weighted by Crippen LogP contribution is -2.13. The summed E-state index contributed by atoms with van der Waals surface area (Å²) in [7, 11) is -1.80. The van der Waals surface area contributed by atoms with Crippen molar-refractivity contribution >= 4 is 21.6 Å². The fraction of sp³-hybridized carbons (Fsp3) is 0.286. The largest absolute Gasteiger partial charge is 0.493 e. The molecule has 34 heavy (non-hydrogen) atoms. The minimum Gasteiger partial charge on any atom is -0.493 e. The van der Waals surface area contributed by atoms with E-state index in [1.54, 1.807) is 17.1 Å². The third-order valence-electron chi connectivity index (χ3n) is 5.51. The number of rotatable bonds is 1. The van der Waals surface area contributed by atoms with Crippen LogP contribution in [-0.2, 0) is 23.7 Å². The van der Waals surface area contributed by atoms with Crippen LogP contribution >= 0.6 is 0 Å². The van der Waals surface area contributed by atoms with Crippen LogP contribution in [-0.4, -0.2) is 56.8 Å². The molecule has 0 bridgehead atoms. The first-order valence-corrected chi connectivity index (χ1v) is 12.1. The predicted molar refractivity (Wildman–Crippen MR) is 120 cm³/mol. The van der Waals surface area contributed by atoms with Gasteiger partial charge in [-0.25, -0.2) is 4.39 Å². The number of hydrogen-bond acceptors (Lipinski definition) is 8. The summed E-state index contributed by atoms with van der Waals surface area (Å²) < 4.78 is 56.0. The Kier molecular flexibility index (Phi) is 5.37. The van der Waals surface area contributed by atoms with Crippen LogP contribution in [0.4, 0.5) is 10.2 Å². The third-order valence-corrected chi connectivity index (χ3v) is 5.51. The van der Waals surface area contributed by atoms with Gasteiger partial charge in [-0.05, 0) is 24.3 Å². The van der Waals surface area contributed by atoms with Crippen molar-refractivity contribution in [3.8, 4) is 22.8 Å². The summed E-state index contributed by atoms with van der Waals surface area (Å²) in [5.41, 5.74) is 3.73. The summed E-state index contributed by atoms with van der Waals surface area (Å²) in [6.45, 7) is 1.16. The number of fused-ring (bicyclic) bond motifs is 3. The van der Waals surface area contributed by atoms with E-state index < -0.39 is 10.1 Å². The summed E-state index contributed by atoms with van der Waals surface area (Å²) >= 11 is 0. The van der Waals surface area contributed by atoms with Gasteiger partial charge in [0.15, 0.2) is 17.2 Å². The molecule has 178 valence electrons. The molecule has 1 atom stereocenters. The van der Waals surface area contributed by atoms with Gasteiger partial charge in [-0.3, -0.25) is 13.6 Å². The molecule has 0 radical (unpaired) electrons. The zero-order chi connectivity index (χ0) is 24.0. The summed E-state index contributed by atoms with van der Waals surface area (Å²) in [4.78, 5) is 0. The normalized spacial score (nSPS) is 16.5. The highest BCUT2D eigenvalue weighted by molar-refractivity contribution is 7.85. The van der Waals surface area contributed by atoms with Crippen LogP contribution < -0.4 is 14.8 Å². The molecule has 6 rings (SSSR count). The lowest BCUT2D eigenvalue weighted by molar-refractivity contribution is 0.249. The van der Waals surface area contributed by atoms with Gasteiger partial charge < -0.3 is 14.8 Å².